The number of hydrogen-bond acceptors (Lipinski definition) is 4. The first-order chi connectivity index (χ1) is 16.3. The summed E-state index contributed by atoms with van der Waals surface area (Å²) in [5, 5.41) is 4.47. The Labute approximate surface area is 197 Å². The van der Waals surface area contributed by atoms with Crippen molar-refractivity contribution in [2.45, 2.75) is 38.9 Å². The molecule has 5 nitrogen and oxygen atoms in total. The van der Waals surface area contributed by atoms with E-state index in [-0.39, 0.29) is 0 Å². The molecule has 3 aromatic carbocycles. The van der Waals surface area contributed by atoms with Crippen LogP contribution in [-0.2, 0) is 9.31 Å². The van der Waals surface area contributed by atoms with Crippen LogP contribution in [0.3, 0.4) is 0 Å². The highest BCUT2D eigenvalue weighted by Crippen LogP contribution is 2.38. The maximum Gasteiger partial charge on any atom is 0.494 e. The second-order valence-corrected chi connectivity index (χ2v) is 10.2. The van der Waals surface area contributed by atoms with Crippen molar-refractivity contribution in [3.63, 3.8) is 0 Å². The molecule has 1 fully saturated rings. The number of imidazole rings is 1. The average molecular weight is 445 g/mol. The zero-order valence-electron chi connectivity index (χ0n) is 19.7. The summed E-state index contributed by atoms with van der Waals surface area (Å²) in [5.41, 5.74) is 5.25. The van der Waals surface area contributed by atoms with Crippen LogP contribution >= 0.6 is 0 Å². The van der Waals surface area contributed by atoms with Gasteiger partial charge in [0.2, 0.25) is 0 Å². The molecule has 166 valence electrons. The van der Waals surface area contributed by atoms with Crippen molar-refractivity contribution >= 4 is 61.8 Å². The van der Waals surface area contributed by atoms with Crippen LogP contribution in [-0.4, -0.2) is 32.7 Å². The Balaban J connectivity index is 1.63. The number of nitrogens with zero attached hydrogens (tertiary/aromatic N) is 3. The number of rotatable bonds is 1. The number of hydrogen-bond donors (Lipinski definition) is 0. The summed E-state index contributed by atoms with van der Waals surface area (Å²) in [6, 6.07) is 23.2. The molecule has 6 heteroatoms. The average Bonchev–Trinajstić information content (AvgIpc) is 3.32. The van der Waals surface area contributed by atoms with Crippen molar-refractivity contribution in [3.8, 4) is 0 Å². The van der Waals surface area contributed by atoms with E-state index in [1.54, 1.807) is 0 Å². The van der Waals surface area contributed by atoms with Gasteiger partial charge in [0, 0.05) is 27.7 Å². The maximum atomic E-state index is 6.38. The van der Waals surface area contributed by atoms with Gasteiger partial charge in [-0.1, -0.05) is 36.4 Å². The van der Waals surface area contributed by atoms with Crippen LogP contribution in [0.4, 0.5) is 0 Å². The molecular formula is C28H24BN3O2. The SMILES string of the molecule is CC1(C)OB(c2ccc3c4c(ccc5cccnc54)c4nc5ccccc5n4c3c2)OC1(C)C. The van der Waals surface area contributed by atoms with Crippen LogP contribution in [0.2, 0.25) is 0 Å². The quantitative estimate of drug-likeness (QED) is 0.243. The molecule has 1 aliphatic rings. The topological polar surface area (TPSA) is 48.7 Å². The molecule has 0 N–H and O–H groups in total. The van der Waals surface area contributed by atoms with E-state index in [1.165, 1.54) is 0 Å². The Bertz CT molecular complexity index is 1770. The molecule has 6 aromatic rings. The second kappa shape index (κ2) is 6.56. The zero-order chi connectivity index (χ0) is 23.2. The first-order valence-electron chi connectivity index (χ1n) is 11.7. The fourth-order valence-electron chi connectivity index (χ4n) is 5.13. The van der Waals surface area contributed by atoms with Crippen molar-refractivity contribution in [3.05, 3.63) is 72.9 Å². The summed E-state index contributed by atoms with van der Waals surface area (Å²) in [4.78, 5) is 9.82. The van der Waals surface area contributed by atoms with Gasteiger partial charge in [0.15, 0.2) is 0 Å². The fraction of sp³-hybridized carbons (Fsp3) is 0.214. The molecule has 0 aliphatic carbocycles. The molecule has 0 atom stereocenters. The van der Waals surface area contributed by atoms with Crippen molar-refractivity contribution in [1.29, 1.82) is 0 Å². The Hall–Kier alpha value is -3.48. The highest BCUT2D eigenvalue weighted by atomic mass is 16.7. The van der Waals surface area contributed by atoms with Gasteiger partial charge in [-0.05, 0) is 63.5 Å². The number of fused-ring (bicyclic) bond motifs is 10. The predicted octanol–water partition coefficient (Wildman–Crippen LogP) is 5.64. The largest absolute Gasteiger partial charge is 0.494 e. The summed E-state index contributed by atoms with van der Waals surface area (Å²) in [7, 11) is -0.430. The Morgan fingerprint density at radius 3 is 2.38 bits per heavy atom. The number of para-hydroxylation sites is 2. The number of benzene rings is 3. The van der Waals surface area contributed by atoms with Crippen molar-refractivity contribution in [2.75, 3.05) is 0 Å². The highest BCUT2D eigenvalue weighted by Gasteiger charge is 2.51. The lowest BCUT2D eigenvalue weighted by atomic mass is 9.78. The van der Waals surface area contributed by atoms with Gasteiger partial charge in [0.25, 0.3) is 0 Å². The second-order valence-electron chi connectivity index (χ2n) is 10.2. The van der Waals surface area contributed by atoms with E-state index in [2.05, 4.69) is 86.7 Å². The van der Waals surface area contributed by atoms with Crippen LogP contribution in [0.1, 0.15) is 27.7 Å². The molecule has 4 heterocycles. The summed E-state index contributed by atoms with van der Waals surface area (Å²) < 4.78 is 15.0. The van der Waals surface area contributed by atoms with E-state index in [9.17, 15) is 0 Å². The third-order valence-electron chi connectivity index (χ3n) is 7.63. The lowest BCUT2D eigenvalue weighted by molar-refractivity contribution is 0.00578. The van der Waals surface area contributed by atoms with Gasteiger partial charge < -0.3 is 9.31 Å². The van der Waals surface area contributed by atoms with Crippen LogP contribution in [0.5, 0.6) is 0 Å². The van der Waals surface area contributed by atoms with Gasteiger partial charge in [-0.25, -0.2) is 4.98 Å². The summed E-state index contributed by atoms with van der Waals surface area (Å²) >= 11 is 0. The van der Waals surface area contributed by atoms with Gasteiger partial charge in [-0.3, -0.25) is 9.38 Å². The standard InChI is InChI=1S/C28H24BN3O2/c1-27(2)28(3,4)34-29(33-27)18-12-14-19-23(16-18)32-22-10-6-5-9-21(22)31-26(32)20-13-11-17-8-7-15-30-25(17)24(19)20/h5-16H,1-4H3. The number of pyridine rings is 2. The molecule has 1 aliphatic heterocycles. The highest BCUT2D eigenvalue weighted by molar-refractivity contribution is 6.62. The van der Waals surface area contributed by atoms with Gasteiger partial charge in [0.1, 0.15) is 5.65 Å². The minimum Gasteiger partial charge on any atom is -0.399 e. The minimum absolute atomic E-state index is 0.396. The van der Waals surface area contributed by atoms with E-state index in [0.29, 0.717) is 0 Å². The molecule has 0 radical (unpaired) electrons. The van der Waals surface area contributed by atoms with Crippen LogP contribution < -0.4 is 5.46 Å². The Kier molecular flexibility index (Phi) is 3.85. The van der Waals surface area contributed by atoms with Crippen molar-refractivity contribution in [1.82, 2.24) is 14.4 Å². The molecule has 34 heavy (non-hydrogen) atoms. The molecule has 3 aromatic heterocycles. The molecule has 0 amide bonds. The minimum atomic E-state index is -0.430. The van der Waals surface area contributed by atoms with Gasteiger partial charge in [-0.2, -0.15) is 0 Å². The van der Waals surface area contributed by atoms with Gasteiger partial charge >= 0.3 is 7.12 Å². The lowest BCUT2D eigenvalue weighted by Gasteiger charge is -2.32. The third kappa shape index (κ3) is 2.58. The molecule has 7 rings (SSSR count). The molecule has 1 saturated heterocycles. The molecule has 0 bridgehead atoms. The van der Waals surface area contributed by atoms with E-state index >= 15 is 0 Å². The van der Waals surface area contributed by atoms with Crippen molar-refractivity contribution < 1.29 is 9.31 Å². The summed E-state index contributed by atoms with van der Waals surface area (Å²) in [5.74, 6) is 0. The van der Waals surface area contributed by atoms with Crippen molar-refractivity contribution in [2.24, 2.45) is 0 Å². The summed E-state index contributed by atoms with van der Waals surface area (Å²) in [6.45, 7) is 8.34. The predicted molar refractivity (Wildman–Crippen MR) is 139 cm³/mol. The Morgan fingerprint density at radius 1 is 0.794 bits per heavy atom. The van der Waals surface area contributed by atoms with Crippen LogP contribution in [0.25, 0.3) is 49.3 Å². The first-order valence-corrected chi connectivity index (χ1v) is 11.7. The normalized spacial score (nSPS) is 17.6. The number of aromatic nitrogens is 3. The van der Waals surface area contributed by atoms with Crippen LogP contribution in [0, 0.1) is 0 Å². The van der Waals surface area contributed by atoms with Gasteiger partial charge in [-0.15, -0.1) is 0 Å². The smallest absolute Gasteiger partial charge is 0.399 e. The first kappa shape index (κ1) is 19.9. The molecule has 0 saturated carbocycles. The van der Waals surface area contributed by atoms with Gasteiger partial charge in [0.05, 0.1) is 33.3 Å². The molecule has 0 spiro atoms. The van der Waals surface area contributed by atoms with E-state index < -0.39 is 18.3 Å². The zero-order valence-corrected chi connectivity index (χ0v) is 19.7. The molecular weight excluding hydrogens is 421 g/mol. The third-order valence-corrected chi connectivity index (χ3v) is 7.63. The fourth-order valence-corrected chi connectivity index (χ4v) is 5.13. The van der Waals surface area contributed by atoms with Crippen LogP contribution in [0.15, 0.2) is 72.9 Å². The Morgan fingerprint density at radius 2 is 1.56 bits per heavy atom. The van der Waals surface area contributed by atoms with E-state index in [0.717, 1.165) is 54.7 Å². The molecule has 0 unspecified atom stereocenters. The maximum absolute atomic E-state index is 6.38. The monoisotopic (exact) mass is 445 g/mol. The van der Waals surface area contributed by atoms with E-state index in [4.69, 9.17) is 19.3 Å². The lowest BCUT2D eigenvalue weighted by Crippen LogP contribution is -2.41. The van der Waals surface area contributed by atoms with E-state index in [1.807, 2.05) is 18.3 Å². The summed E-state index contributed by atoms with van der Waals surface area (Å²) in [6.07, 6.45) is 1.86.